The maximum absolute atomic E-state index is 2.48. The number of benzene rings is 2. The van der Waals surface area contributed by atoms with Gasteiger partial charge in [-0.15, -0.1) is 0 Å². The topological polar surface area (TPSA) is 4.93 Å². The SMILES string of the molecule is Cc1c2n(c3ccccc13)CCc1ccccc1-2. The van der Waals surface area contributed by atoms with E-state index in [0.29, 0.717) is 0 Å². The summed E-state index contributed by atoms with van der Waals surface area (Å²) >= 11 is 0. The molecule has 0 radical (unpaired) electrons. The molecule has 0 fully saturated rings. The lowest BCUT2D eigenvalue weighted by atomic mass is 9.96. The third-order valence-corrected chi connectivity index (χ3v) is 4.10. The molecule has 3 aromatic rings. The molecule has 1 aromatic heterocycles. The van der Waals surface area contributed by atoms with Gasteiger partial charge in [-0.1, -0.05) is 42.5 Å². The number of rotatable bonds is 0. The van der Waals surface area contributed by atoms with Gasteiger partial charge in [0.1, 0.15) is 0 Å². The van der Waals surface area contributed by atoms with Crippen molar-refractivity contribution in [3.05, 3.63) is 59.7 Å². The Balaban J connectivity index is 2.16. The van der Waals surface area contributed by atoms with Gasteiger partial charge in [0.25, 0.3) is 0 Å². The Labute approximate surface area is 107 Å². The molecule has 0 N–H and O–H groups in total. The minimum absolute atomic E-state index is 1.10. The Morgan fingerprint density at radius 1 is 0.944 bits per heavy atom. The van der Waals surface area contributed by atoms with Crippen LogP contribution in [0.5, 0.6) is 0 Å². The lowest BCUT2D eigenvalue weighted by Gasteiger charge is -2.20. The summed E-state index contributed by atoms with van der Waals surface area (Å²) in [7, 11) is 0. The van der Waals surface area contributed by atoms with Crippen LogP contribution in [0.2, 0.25) is 0 Å². The molecule has 0 saturated carbocycles. The molecule has 2 heterocycles. The van der Waals surface area contributed by atoms with Crippen LogP contribution in [0.15, 0.2) is 48.5 Å². The zero-order valence-corrected chi connectivity index (χ0v) is 10.5. The minimum Gasteiger partial charge on any atom is -0.340 e. The normalized spacial score (nSPS) is 13.4. The van der Waals surface area contributed by atoms with E-state index in [1.54, 1.807) is 0 Å². The highest BCUT2D eigenvalue weighted by atomic mass is 15.0. The third kappa shape index (κ3) is 1.16. The first-order valence-corrected chi connectivity index (χ1v) is 6.52. The highest BCUT2D eigenvalue weighted by Crippen LogP contribution is 2.37. The van der Waals surface area contributed by atoms with Crippen LogP contribution in [0.4, 0.5) is 0 Å². The lowest BCUT2D eigenvalue weighted by molar-refractivity contribution is 0.708. The van der Waals surface area contributed by atoms with Crippen molar-refractivity contribution in [2.24, 2.45) is 0 Å². The van der Waals surface area contributed by atoms with E-state index in [1.165, 1.54) is 33.3 Å². The Morgan fingerprint density at radius 2 is 1.72 bits per heavy atom. The largest absolute Gasteiger partial charge is 0.340 e. The maximum Gasteiger partial charge on any atom is 0.0523 e. The quantitative estimate of drug-likeness (QED) is 0.549. The molecule has 88 valence electrons. The first-order valence-electron chi connectivity index (χ1n) is 6.52. The van der Waals surface area contributed by atoms with E-state index in [9.17, 15) is 0 Å². The van der Waals surface area contributed by atoms with Crippen LogP contribution in [0, 0.1) is 6.92 Å². The van der Waals surface area contributed by atoms with Crippen LogP contribution in [-0.4, -0.2) is 4.57 Å². The summed E-state index contributed by atoms with van der Waals surface area (Å²) in [6, 6.07) is 17.5. The number of fused-ring (bicyclic) bond motifs is 5. The van der Waals surface area contributed by atoms with E-state index in [2.05, 4.69) is 60.0 Å². The highest BCUT2D eigenvalue weighted by Gasteiger charge is 2.20. The molecule has 0 unspecified atom stereocenters. The van der Waals surface area contributed by atoms with Crippen molar-refractivity contribution in [1.29, 1.82) is 0 Å². The van der Waals surface area contributed by atoms with Gasteiger partial charge in [-0.3, -0.25) is 0 Å². The van der Waals surface area contributed by atoms with E-state index in [4.69, 9.17) is 0 Å². The molecule has 0 amide bonds. The van der Waals surface area contributed by atoms with E-state index in [0.717, 1.165) is 13.0 Å². The van der Waals surface area contributed by atoms with Crippen molar-refractivity contribution in [3.63, 3.8) is 0 Å². The van der Waals surface area contributed by atoms with Crippen LogP contribution >= 0.6 is 0 Å². The van der Waals surface area contributed by atoms with E-state index < -0.39 is 0 Å². The first kappa shape index (κ1) is 9.95. The Bertz CT molecular complexity index is 749. The highest BCUT2D eigenvalue weighted by molar-refractivity contribution is 5.92. The Morgan fingerprint density at radius 3 is 2.67 bits per heavy atom. The average molecular weight is 233 g/mol. The van der Waals surface area contributed by atoms with Gasteiger partial charge in [0, 0.05) is 23.0 Å². The molecule has 4 rings (SSSR count). The molecule has 0 bridgehead atoms. The second kappa shape index (κ2) is 3.49. The third-order valence-electron chi connectivity index (χ3n) is 4.10. The molecule has 0 saturated heterocycles. The molecule has 1 heteroatoms. The zero-order valence-electron chi connectivity index (χ0n) is 10.5. The van der Waals surface area contributed by atoms with E-state index in [-0.39, 0.29) is 0 Å². The second-order valence-corrected chi connectivity index (χ2v) is 5.05. The number of nitrogens with zero attached hydrogens (tertiary/aromatic N) is 1. The van der Waals surface area contributed by atoms with Crippen molar-refractivity contribution in [1.82, 2.24) is 4.57 Å². The molecular formula is C17H15N. The summed E-state index contributed by atoms with van der Waals surface area (Å²) in [6.45, 7) is 3.34. The fraction of sp³-hybridized carbons (Fsp3) is 0.176. The summed E-state index contributed by atoms with van der Waals surface area (Å²) < 4.78 is 2.48. The fourth-order valence-corrected chi connectivity index (χ4v) is 3.26. The molecule has 1 nitrogen and oxygen atoms in total. The molecule has 2 aromatic carbocycles. The Hall–Kier alpha value is -2.02. The maximum atomic E-state index is 2.48. The van der Waals surface area contributed by atoms with Crippen molar-refractivity contribution in [2.75, 3.05) is 0 Å². The molecule has 0 atom stereocenters. The summed E-state index contributed by atoms with van der Waals surface area (Å²) in [5.74, 6) is 0. The predicted molar refractivity (Wildman–Crippen MR) is 75.8 cm³/mol. The number of hydrogen-bond donors (Lipinski definition) is 0. The van der Waals surface area contributed by atoms with Crippen LogP contribution < -0.4 is 0 Å². The van der Waals surface area contributed by atoms with Gasteiger partial charge in [0.15, 0.2) is 0 Å². The van der Waals surface area contributed by atoms with Gasteiger partial charge >= 0.3 is 0 Å². The van der Waals surface area contributed by atoms with Gasteiger partial charge in [0.2, 0.25) is 0 Å². The smallest absolute Gasteiger partial charge is 0.0523 e. The average Bonchev–Trinajstić information content (AvgIpc) is 2.73. The monoisotopic (exact) mass is 233 g/mol. The van der Waals surface area contributed by atoms with Crippen molar-refractivity contribution in [2.45, 2.75) is 19.9 Å². The Kier molecular flexibility index (Phi) is 1.93. The predicted octanol–water partition coefficient (Wildman–Crippen LogP) is 4.17. The van der Waals surface area contributed by atoms with Gasteiger partial charge in [-0.25, -0.2) is 0 Å². The van der Waals surface area contributed by atoms with Gasteiger partial charge in [-0.2, -0.15) is 0 Å². The summed E-state index contributed by atoms with van der Waals surface area (Å²) in [5, 5.41) is 1.39. The van der Waals surface area contributed by atoms with Gasteiger partial charge in [0.05, 0.1) is 5.69 Å². The number of para-hydroxylation sites is 1. The van der Waals surface area contributed by atoms with Crippen LogP contribution in [-0.2, 0) is 13.0 Å². The molecule has 18 heavy (non-hydrogen) atoms. The van der Waals surface area contributed by atoms with Crippen LogP contribution in [0.25, 0.3) is 22.2 Å². The van der Waals surface area contributed by atoms with Crippen LogP contribution in [0.3, 0.4) is 0 Å². The number of aryl methyl sites for hydroxylation is 3. The lowest BCUT2D eigenvalue weighted by Crippen LogP contribution is -2.10. The molecule has 1 aliphatic heterocycles. The molecule has 0 spiro atoms. The van der Waals surface area contributed by atoms with Crippen molar-refractivity contribution < 1.29 is 0 Å². The molecule has 0 aliphatic carbocycles. The molecule has 1 aliphatic rings. The van der Waals surface area contributed by atoms with E-state index in [1.807, 2.05) is 0 Å². The first-order chi connectivity index (χ1) is 8.86. The van der Waals surface area contributed by atoms with Crippen molar-refractivity contribution in [3.8, 4) is 11.3 Å². The van der Waals surface area contributed by atoms with E-state index >= 15 is 0 Å². The van der Waals surface area contributed by atoms with Crippen molar-refractivity contribution >= 4 is 10.9 Å². The summed E-state index contributed by atoms with van der Waals surface area (Å²) in [6.07, 6.45) is 1.14. The standard InChI is InChI=1S/C17H15N/c1-12-14-7-4-5-9-16(14)18-11-10-13-6-2-3-8-15(13)17(12)18/h2-9H,10-11H2,1H3. The van der Waals surface area contributed by atoms with Gasteiger partial charge in [-0.05, 0) is 30.5 Å². The minimum atomic E-state index is 1.10. The summed E-state index contributed by atoms with van der Waals surface area (Å²) in [5.41, 5.74) is 7.10. The van der Waals surface area contributed by atoms with Gasteiger partial charge < -0.3 is 4.57 Å². The zero-order chi connectivity index (χ0) is 12.1. The number of hydrogen-bond acceptors (Lipinski definition) is 0. The second-order valence-electron chi connectivity index (χ2n) is 5.05. The fourth-order valence-electron chi connectivity index (χ4n) is 3.26. The number of aromatic nitrogens is 1. The molecular weight excluding hydrogens is 218 g/mol. The van der Waals surface area contributed by atoms with Crippen LogP contribution in [0.1, 0.15) is 11.1 Å². The summed E-state index contributed by atoms with van der Waals surface area (Å²) in [4.78, 5) is 0.